The molecule has 2 saturated heterocycles. The monoisotopic (exact) mass is 559 g/mol. The van der Waals surface area contributed by atoms with Crippen molar-refractivity contribution in [1.82, 2.24) is 15.7 Å². The highest BCUT2D eigenvalue weighted by Gasteiger charge is 2.62. The standard InChI is InChI=1S/C23H19F10N3O2/c1-34-18(37)36-10-19(24,11-36)13-4-2-12(3-5-13)17-9-20(38-35-17,23(31,32)33)14-6-15(21(25,26)27)8-16(7-14)22(28,29)30/h2-8,17,35H,9-11H2,1H3,(H,34,37). The summed E-state index contributed by atoms with van der Waals surface area (Å²) in [6.45, 7) is -0.518. The van der Waals surface area contributed by atoms with E-state index in [1.54, 1.807) is 0 Å². The number of nitrogens with zero attached hydrogens (tertiary/aromatic N) is 1. The first kappa shape index (κ1) is 28.0. The summed E-state index contributed by atoms with van der Waals surface area (Å²) in [7, 11) is 1.37. The molecule has 4 rings (SSSR count). The van der Waals surface area contributed by atoms with Crippen LogP contribution < -0.4 is 10.8 Å². The molecule has 5 nitrogen and oxygen atoms in total. The number of urea groups is 1. The van der Waals surface area contributed by atoms with Gasteiger partial charge in [0.2, 0.25) is 5.60 Å². The molecule has 2 amide bonds. The van der Waals surface area contributed by atoms with E-state index >= 15 is 4.39 Å². The molecule has 208 valence electrons. The van der Waals surface area contributed by atoms with Crippen molar-refractivity contribution in [2.45, 2.75) is 42.3 Å². The summed E-state index contributed by atoms with van der Waals surface area (Å²) >= 11 is 0. The van der Waals surface area contributed by atoms with Crippen LogP contribution in [0, 0.1) is 0 Å². The zero-order chi connectivity index (χ0) is 28.3. The minimum atomic E-state index is -5.42. The summed E-state index contributed by atoms with van der Waals surface area (Å²) in [6.07, 6.45) is -17.2. The Morgan fingerprint density at radius 2 is 1.45 bits per heavy atom. The Morgan fingerprint density at radius 1 is 0.921 bits per heavy atom. The average molecular weight is 559 g/mol. The molecule has 2 heterocycles. The van der Waals surface area contributed by atoms with Crippen LogP contribution >= 0.6 is 0 Å². The highest BCUT2D eigenvalue weighted by molar-refractivity contribution is 5.75. The smallest absolute Gasteiger partial charge is 0.341 e. The fourth-order valence-electron chi connectivity index (χ4n) is 4.49. The van der Waals surface area contributed by atoms with Crippen LogP contribution in [-0.2, 0) is 28.5 Å². The van der Waals surface area contributed by atoms with E-state index in [2.05, 4.69) is 10.8 Å². The van der Waals surface area contributed by atoms with Gasteiger partial charge in [0, 0.05) is 13.5 Å². The first-order valence-corrected chi connectivity index (χ1v) is 11.0. The van der Waals surface area contributed by atoms with Crippen LogP contribution in [0.15, 0.2) is 42.5 Å². The third-order valence-corrected chi connectivity index (χ3v) is 6.59. The second-order valence-electron chi connectivity index (χ2n) is 9.09. The lowest BCUT2D eigenvalue weighted by Gasteiger charge is -2.44. The number of alkyl halides is 10. The second-order valence-corrected chi connectivity index (χ2v) is 9.09. The number of nitrogens with one attached hydrogen (secondary N) is 2. The largest absolute Gasteiger partial charge is 0.423 e. The van der Waals surface area contributed by atoms with Crippen molar-refractivity contribution in [2.24, 2.45) is 0 Å². The number of halogens is 10. The predicted octanol–water partition coefficient (Wildman–Crippen LogP) is 5.97. The maximum atomic E-state index is 15.1. The number of rotatable bonds is 3. The van der Waals surface area contributed by atoms with Crippen molar-refractivity contribution in [3.8, 4) is 0 Å². The predicted molar refractivity (Wildman–Crippen MR) is 111 cm³/mol. The molecule has 0 saturated carbocycles. The van der Waals surface area contributed by atoms with Gasteiger partial charge in [-0.2, -0.15) is 45.0 Å². The summed E-state index contributed by atoms with van der Waals surface area (Å²) in [6, 6.07) is 2.97. The van der Waals surface area contributed by atoms with Crippen molar-refractivity contribution in [3.05, 3.63) is 70.3 Å². The Hall–Kier alpha value is -3.07. The number of benzene rings is 2. The summed E-state index contributed by atoms with van der Waals surface area (Å²) in [5.41, 5.74) is -8.32. The molecule has 15 heteroatoms. The Labute approximate surface area is 208 Å². The molecule has 2 N–H and O–H groups in total. The number of carbonyl (C=O) groups excluding carboxylic acids is 1. The first-order chi connectivity index (χ1) is 17.4. The number of likely N-dealkylation sites (tertiary alicyclic amines) is 1. The Balaban J connectivity index is 1.65. The quantitative estimate of drug-likeness (QED) is 0.456. The van der Waals surface area contributed by atoms with E-state index in [4.69, 9.17) is 4.84 Å². The van der Waals surface area contributed by atoms with Gasteiger partial charge >= 0.3 is 24.6 Å². The van der Waals surface area contributed by atoms with E-state index in [1.807, 2.05) is 0 Å². The second kappa shape index (κ2) is 9.00. The molecule has 2 aliphatic heterocycles. The molecular weight excluding hydrogens is 540 g/mol. The van der Waals surface area contributed by atoms with Crippen LogP contribution in [0.4, 0.5) is 48.7 Å². The Bertz CT molecular complexity index is 1170. The Morgan fingerprint density at radius 3 is 1.89 bits per heavy atom. The number of hydrogen-bond acceptors (Lipinski definition) is 3. The van der Waals surface area contributed by atoms with Crippen LogP contribution in [0.2, 0.25) is 0 Å². The van der Waals surface area contributed by atoms with Crippen LogP contribution in [0.3, 0.4) is 0 Å². The van der Waals surface area contributed by atoms with Crippen molar-refractivity contribution in [1.29, 1.82) is 0 Å². The zero-order valence-electron chi connectivity index (χ0n) is 19.3. The summed E-state index contributed by atoms with van der Waals surface area (Å²) in [5.74, 6) is 0. The molecule has 38 heavy (non-hydrogen) atoms. The van der Waals surface area contributed by atoms with Gasteiger partial charge in [0.05, 0.1) is 30.3 Å². The number of hydroxylamine groups is 1. The van der Waals surface area contributed by atoms with Crippen LogP contribution in [0.5, 0.6) is 0 Å². The van der Waals surface area contributed by atoms with Crippen LogP contribution in [0.1, 0.15) is 40.3 Å². The van der Waals surface area contributed by atoms with Gasteiger partial charge in [-0.1, -0.05) is 24.3 Å². The third kappa shape index (κ3) is 4.88. The van der Waals surface area contributed by atoms with E-state index in [9.17, 15) is 44.3 Å². The number of amides is 2. The number of hydrogen-bond donors (Lipinski definition) is 2. The first-order valence-electron chi connectivity index (χ1n) is 11.0. The topological polar surface area (TPSA) is 53.6 Å². The molecule has 0 aliphatic carbocycles. The van der Waals surface area contributed by atoms with Gasteiger partial charge < -0.3 is 10.2 Å². The van der Waals surface area contributed by atoms with Gasteiger partial charge in [0.25, 0.3) is 0 Å². The summed E-state index contributed by atoms with van der Waals surface area (Å²) < 4.78 is 137. The minimum Gasteiger partial charge on any atom is -0.341 e. The average Bonchev–Trinajstić information content (AvgIpc) is 3.27. The maximum absolute atomic E-state index is 15.1. The van der Waals surface area contributed by atoms with E-state index in [1.165, 1.54) is 36.2 Å². The number of carbonyl (C=O) groups is 1. The highest BCUT2D eigenvalue weighted by atomic mass is 19.4. The van der Waals surface area contributed by atoms with E-state index in [-0.39, 0.29) is 42.4 Å². The maximum Gasteiger partial charge on any atom is 0.423 e. The normalized spacial score (nSPS) is 23.8. The van der Waals surface area contributed by atoms with Crippen molar-refractivity contribution >= 4 is 6.03 Å². The summed E-state index contributed by atoms with van der Waals surface area (Å²) in [5, 5.41) is 2.34. The lowest BCUT2D eigenvalue weighted by molar-refractivity contribution is -0.283. The van der Waals surface area contributed by atoms with E-state index in [0.29, 0.717) is 0 Å². The highest BCUT2D eigenvalue weighted by Crippen LogP contribution is 2.52. The third-order valence-electron chi connectivity index (χ3n) is 6.59. The van der Waals surface area contributed by atoms with Gasteiger partial charge in [-0.15, -0.1) is 0 Å². The van der Waals surface area contributed by atoms with Crippen LogP contribution in [-0.4, -0.2) is 37.2 Å². The lowest BCUT2D eigenvalue weighted by atomic mass is 9.83. The molecular formula is C23H19F10N3O2. The van der Waals surface area contributed by atoms with Crippen molar-refractivity contribution < 1.29 is 53.5 Å². The van der Waals surface area contributed by atoms with E-state index < -0.39 is 65.0 Å². The summed E-state index contributed by atoms with van der Waals surface area (Å²) in [4.78, 5) is 17.5. The fraction of sp³-hybridized carbons (Fsp3) is 0.435. The van der Waals surface area contributed by atoms with Crippen LogP contribution in [0.25, 0.3) is 0 Å². The molecule has 2 aromatic rings. The molecule has 2 aromatic carbocycles. The van der Waals surface area contributed by atoms with Gasteiger partial charge in [0.1, 0.15) is 0 Å². The van der Waals surface area contributed by atoms with Gasteiger partial charge in [-0.05, 0) is 34.9 Å². The van der Waals surface area contributed by atoms with Crippen molar-refractivity contribution in [3.63, 3.8) is 0 Å². The zero-order valence-corrected chi connectivity index (χ0v) is 19.3. The molecule has 2 unspecified atom stereocenters. The Kier molecular flexibility index (Phi) is 6.62. The molecule has 0 aromatic heterocycles. The van der Waals surface area contributed by atoms with Crippen molar-refractivity contribution in [2.75, 3.05) is 20.1 Å². The molecule has 0 bridgehead atoms. The molecule has 0 spiro atoms. The van der Waals surface area contributed by atoms with E-state index in [0.717, 1.165) is 0 Å². The molecule has 0 radical (unpaired) electrons. The SMILES string of the molecule is CNC(=O)N1CC(F)(c2ccc(C3CC(c4cc(C(F)(F)F)cc(C(F)(F)F)c4)(C(F)(F)F)ON3)cc2)C1. The molecule has 2 fully saturated rings. The minimum absolute atomic E-state index is 0.0163. The lowest BCUT2D eigenvalue weighted by Crippen LogP contribution is -2.60. The molecule has 2 atom stereocenters. The van der Waals surface area contributed by atoms with Gasteiger partial charge in [0.15, 0.2) is 5.67 Å². The van der Waals surface area contributed by atoms with Gasteiger partial charge in [-0.25, -0.2) is 9.18 Å². The van der Waals surface area contributed by atoms with Gasteiger partial charge in [-0.3, -0.25) is 4.84 Å². The molecule has 2 aliphatic rings. The fourth-order valence-corrected chi connectivity index (χ4v) is 4.49.